The smallest absolute Gasteiger partial charge is 0.336 e. The van der Waals surface area contributed by atoms with E-state index in [2.05, 4.69) is 0 Å². The van der Waals surface area contributed by atoms with Crippen molar-refractivity contribution in [1.82, 2.24) is 0 Å². The van der Waals surface area contributed by atoms with E-state index in [1.54, 1.807) is 60.7 Å². The van der Waals surface area contributed by atoms with Gasteiger partial charge in [0.05, 0.1) is 5.39 Å². The first kappa shape index (κ1) is 28.0. The molecule has 0 atom stereocenters. The molecule has 1 aromatic heterocycles. The normalized spacial score (nSPS) is 11.1. The van der Waals surface area contributed by atoms with Gasteiger partial charge >= 0.3 is 5.97 Å². The van der Waals surface area contributed by atoms with Crippen LogP contribution in [0.3, 0.4) is 0 Å². The number of carbonyl (C=O) groups excluding carboxylic acids is 1. The molecule has 0 radical (unpaired) electrons. The first-order chi connectivity index (χ1) is 19.9. The summed E-state index contributed by atoms with van der Waals surface area (Å²) in [5, 5.41) is 1.39. The van der Waals surface area contributed by atoms with Crippen molar-refractivity contribution in [3.8, 4) is 23.0 Å². The van der Waals surface area contributed by atoms with Crippen molar-refractivity contribution in [2.24, 2.45) is 0 Å². The standard InChI is InChI=1S/C33H24Cl2O6/c1-2-22-6-3-4-9-29(22)41-31-20-39-30-18-24(15-16-25(30)33(31)37)40-32(36)17-12-21-10-13-23(14-11-21)38-19-26-27(34)7-5-8-28(26)35/h3-18,20H,2,19H2,1H3/b17-12+. The molecule has 5 rings (SSSR count). The molecule has 0 saturated heterocycles. The van der Waals surface area contributed by atoms with E-state index in [4.69, 9.17) is 41.8 Å². The third kappa shape index (κ3) is 6.80. The van der Waals surface area contributed by atoms with Crippen LogP contribution in [-0.4, -0.2) is 5.97 Å². The van der Waals surface area contributed by atoms with Crippen molar-refractivity contribution in [1.29, 1.82) is 0 Å². The molecule has 206 valence electrons. The number of hydrogen-bond donors (Lipinski definition) is 0. The molecule has 0 bridgehead atoms. The number of fused-ring (bicyclic) bond motifs is 1. The van der Waals surface area contributed by atoms with E-state index in [-0.39, 0.29) is 29.1 Å². The molecule has 0 aliphatic carbocycles. The lowest BCUT2D eigenvalue weighted by Gasteiger charge is -2.10. The van der Waals surface area contributed by atoms with Gasteiger partial charge in [0, 0.05) is 27.8 Å². The summed E-state index contributed by atoms with van der Waals surface area (Å²) in [6, 6.07) is 24.5. The second kappa shape index (κ2) is 12.8. The second-order valence-electron chi connectivity index (χ2n) is 8.96. The van der Waals surface area contributed by atoms with Gasteiger partial charge in [-0.3, -0.25) is 4.79 Å². The van der Waals surface area contributed by atoms with Crippen molar-refractivity contribution < 1.29 is 23.4 Å². The Labute approximate surface area is 246 Å². The number of hydrogen-bond acceptors (Lipinski definition) is 6. The molecule has 0 aliphatic heterocycles. The Bertz CT molecular complexity index is 1770. The zero-order valence-electron chi connectivity index (χ0n) is 21.9. The van der Waals surface area contributed by atoms with E-state index < -0.39 is 5.97 Å². The molecule has 0 unspecified atom stereocenters. The highest BCUT2D eigenvalue weighted by Gasteiger charge is 2.13. The number of benzene rings is 4. The summed E-state index contributed by atoms with van der Waals surface area (Å²) in [6.45, 7) is 2.24. The van der Waals surface area contributed by atoms with Crippen LogP contribution in [0.2, 0.25) is 10.0 Å². The van der Waals surface area contributed by atoms with Gasteiger partial charge in [0.25, 0.3) is 0 Å². The van der Waals surface area contributed by atoms with Crippen LogP contribution in [0.15, 0.2) is 106 Å². The maximum Gasteiger partial charge on any atom is 0.336 e. The molecule has 0 N–H and O–H groups in total. The highest BCUT2D eigenvalue weighted by Crippen LogP contribution is 2.28. The largest absolute Gasteiger partial charge is 0.489 e. The first-order valence-corrected chi connectivity index (χ1v) is 13.5. The average molecular weight is 587 g/mol. The van der Waals surface area contributed by atoms with Gasteiger partial charge in [0.1, 0.15) is 35.7 Å². The summed E-state index contributed by atoms with van der Waals surface area (Å²) in [4.78, 5) is 25.4. The van der Waals surface area contributed by atoms with Gasteiger partial charge in [-0.25, -0.2) is 4.79 Å². The number of aryl methyl sites for hydroxylation is 1. The summed E-state index contributed by atoms with van der Waals surface area (Å²) in [6.07, 6.45) is 4.95. The Morgan fingerprint density at radius 1 is 0.878 bits per heavy atom. The lowest BCUT2D eigenvalue weighted by molar-refractivity contribution is -0.128. The van der Waals surface area contributed by atoms with E-state index >= 15 is 0 Å². The Balaban J connectivity index is 1.21. The number of esters is 1. The minimum atomic E-state index is -0.587. The fraction of sp³-hybridized carbons (Fsp3) is 0.0909. The zero-order valence-corrected chi connectivity index (χ0v) is 23.4. The molecule has 0 amide bonds. The summed E-state index contributed by atoms with van der Waals surface area (Å²) >= 11 is 12.4. The number of halogens is 2. The third-order valence-electron chi connectivity index (χ3n) is 6.24. The molecule has 0 spiro atoms. The van der Waals surface area contributed by atoms with Crippen molar-refractivity contribution in [2.75, 3.05) is 0 Å². The molecule has 1 heterocycles. The fourth-order valence-electron chi connectivity index (χ4n) is 4.05. The van der Waals surface area contributed by atoms with Crippen molar-refractivity contribution >= 4 is 46.2 Å². The van der Waals surface area contributed by atoms with Crippen molar-refractivity contribution in [3.05, 3.63) is 134 Å². The molecule has 41 heavy (non-hydrogen) atoms. The van der Waals surface area contributed by atoms with Crippen LogP contribution in [0.1, 0.15) is 23.6 Å². The van der Waals surface area contributed by atoms with Crippen LogP contribution < -0.4 is 19.6 Å². The molecular formula is C33H24Cl2O6. The van der Waals surface area contributed by atoms with E-state index in [9.17, 15) is 9.59 Å². The first-order valence-electron chi connectivity index (χ1n) is 12.8. The van der Waals surface area contributed by atoms with Gasteiger partial charge in [-0.15, -0.1) is 0 Å². The summed E-state index contributed by atoms with van der Waals surface area (Å²) < 4.78 is 22.7. The number of carbonyl (C=O) groups is 1. The Morgan fingerprint density at radius 2 is 1.61 bits per heavy atom. The predicted molar refractivity (Wildman–Crippen MR) is 160 cm³/mol. The summed E-state index contributed by atoms with van der Waals surface area (Å²) in [7, 11) is 0. The lowest BCUT2D eigenvalue weighted by atomic mass is 10.1. The van der Waals surface area contributed by atoms with Crippen molar-refractivity contribution in [2.45, 2.75) is 20.0 Å². The Hall–Kier alpha value is -4.52. The Morgan fingerprint density at radius 3 is 2.37 bits per heavy atom. The summed E-state index contributed by atoms with van der Waals surface area (Å²) in [5.41, 5.74) is 2.41. The molecule has 6 nitrogen and oxygen atoms in total. The van der Waals surface area contributed by atoms with Gasteiger partial charge in [-0.2, -0.15) is 0 Å². The molecular weight excluding hydrogens is 563 g/mol. The highest BCUT2D eigenvalue weighted by atomic mass is 35.5. The van der Waals surface area contributed by atoms with Gasteiger partial charge in [-0.05, 0) is 66.1 Å². The second-order valence-corrected chi connectivity index (χ2v) is 9.78. The number of ether oxygens (including phenoxy) is 3. The third-order valence-corrected chi connectivity index (χ3v) is 6.95. The van der Waals surface area contributed by atoms with Crippen LogP contribution in [0.25, 0.3) is 17.0 Å². The molecule has 4 aromatic carbocycles. The van der Waals surface area contributed by atoms with E-state index in [1.807, 2.05) is 25.1 Å². The van der Waals surface area contributed by atoms with E-state index in [0.717, 1.165) is 17.5 Å². The van der Waals surface area contributed by atoms with Gasteiger partial charge in [-0.1, -0.05) is 66.5 Å². The monoisotopic (exact) mass is 586 g/mol. The maximum absolute atomic E-state index is 13.0. The van der Waals surface area contributed by atoms with E-state index in [0.29, 0.717) is 32.5 Å². The topological polar surface area (TPSA) is 75.0 Å². The van der Waals surface area contributed by atoms with Crippen LogP contribution >= 0.6 is 23.2 Å². The lowest BCUT2D eigenvalue weighted by Crippen LogP contribution is -2.07. The van der Waals surface area contributed by atoms with Gasteiger partial charge in [0.2, 0.25) is 11.2 Å². The number of rotatable bonds is 9. The Kier molecular flexibility index (Phi) is 8.73. The van der Waals surface area contributed by atoms with Crippen LogP contribution in [-0.2, 0) is 17.8 Å². The fourth-order valence-corrected chi connectivity index (χ4v) is 4.56. The average Bonchev–Trinajstić information content (AvgIpc) is 2.98. The van der Waals surface area contributed by atoms with Crippen LogP contribution in [0, 0.1) is 0 Å². The number of para-hydroxylation sites is 1. The molecule has 8 heteroatoms. The molecule has 0 fully saturated rings. The maximum atomic E-state index is 13.0. The van der Waals surface area contributed by atoms with Gasteiger partial charge < -0.3 is 18.6 Å². The molecule has 0 saturated carbocycles. The van der Waals surface area contributed by atoms with Crippen LogP contribution in [0.4, 0.5) is 0 Å². The van der Waals surface area contributed by atoms with E-state index in [1.165, 1.54) is 24.5 Å². The quantitative estimate of drug-likeness (QED) is 0.0976. The van der Waals surface area contributed by atoms with Crippen molar-refractivity contribution in [3.63, 3.8) is 0 Å². The zero-order chi connectivity index (χ0) is 28.8. The SMILES string of the molecule is CCc1ccccc1Oc1coc2cc(OC(=O)/C=C/c3ccc(OCc4c(Cl)cccc4Cl)cc3)ccc2c1=O. The predicted octanol–water partition coefficient (Wildman–Crippen LogP) is 8.65. The van der Waals surface area contributed by atoms with Crippen LogP contribution in [0.5, 0.6) is 23.0 Å². The van der Waals surface area contributed by atoms with Gasteiger partial charge in [0.15, 0.2) is 0 Å². The highest BCUT2D eigenvalue weighted by molar-refractivity contribution is 6.35. The molecule has 5 aromatic rings. The summed E-state index contributed by atoms with van der Waals surface area (Å²) in [5.74, 6) is 0.957. The molecule has 0 aliphatic rings. The minimum Gasteiger partial charge on any atom is -0.489 e. The minimum absolute atomic E-state index is 0.0789.